The van der Waals surface area contributed by atoms with Crippen molar-refractivity contribution in [3.8, 4) is 0 Å². The highest BCUT2D eigenvalue weighted by molar-refractivity contribution is 5.71. The highest BCUT2D eigenvalue weighted by atomic mass is 16.6. The lowest BCUT2D eigenvalue weighted by molar-refractivity contribution is -0.167. The van der Waals surface area contributed by atoms with Gasteiger partial charge in [-0.2, -0.15) is 0 Å². The quantitative estimate of drug-likeness (QED) is 0.0373. The summed E-state index contributed by atoms with van der Waals surface area (Å²) in [5, 5.41) is 0. The van der Waals surface area contributed by atoms with Crippen molar-refractivity contribution in [3.05, 3.63) is 0 Å². The molecule has 6 heteroatoms. The van der Waals surface area contributed by atoms with Crippen LogP contribution in [0.2, 0.25) is 0 Å². The summed E-state index contributed by atoms with van der Waals surface area (Å²) in [6.45, 7) is 6.57. The maximum absolute atomic E-state index is 12.5. The molecule has 0 aliphatic rings. The Morgan fingerprint density at radius 2 is 0.574 bits per heavy atom. The molecule has 0 heterocycles. The number of carbonyl (C=O) groups excluding carboxylic acids is 3. The van der Waals surface area contributed by atoms with E-state index in [0.717, 1.165) is 57.8 Å². The van der Waals surface area contributed by atoms with E-state index in [1.165, 1.54) is 128 Å². The molecule has 0 aromatic heterocycles. The number of carbonyl (C=O) groups is 3. The van der Waals surface area contributed by atoms with Gasteiger partial charge >= 0.3 is 17.9 Å². The van der Waals surface area contributed by atoms with Gasteiger partial charge in [0.1, 0.15) is 13.2 Å². The zero-order chi connectivity index (χ0) is 34.5. The standard InChI is InChI=1S/C41H78O6/c1-4-7-10-13-16-18-19-20-21-23-26-28-31-34-40(43)46-37-38(47-41(44)35-32-29-24-15-12-9-6-3)36-45-39(42)33-30-27-25-22-17-14-11-8-5-2/h38H,4-37H2,1-3H3/t38-/m0/s1. The Bertz CT molecular complexity index is 693. The predicted octanol–water partition coefficient (Wildman–Crippen LogP) is 12.5. The van der Waals surface area contributed by atoms with Gasteiger partial charge in [0.15, 0.2) is 6.10 Å². The van der Waals surface area contributed by atoms with Crippen LogP contribution in [0.1, 0.15) is 226 Å². The third-order valence-corrected chi connectivity index (χ3v) is 9.11. The van der Waals surface area contributed by atoms with Crippen LogP contribution in [-0.4, -0.2) is 37.2 Å². The summed E-state index contributed by atoms with van der Waals surface area (Å²) in [5.41, 5.74) is 0. The molecule has 0 radical (unpaired) electrons. The molecular formula is C41H78O6. The molecule has 0 amide bonds. The van der Waals surface area contributed by atoms with E-state index in [1.807, 2.05) is 0 Å². The van der Waals surface area contributed by atoms with E-state index >= 15 is 0 Å². The van der Waals surface area contributed by atoms with Crippen LogP contribution in [0.3, 0.4) is 0 Å². The molecule has 0 saturated carbocycles. The van der Waals surface area contributed by atoms with Crippen molar-refractivity contribution in [2.45, 2.75) is 232 Å². The van der Waals surface area contributed by atoms with Gasteiger partial charge in [-0.25, -0.2) is 0 Å². The van der Waals surface area contributed by atoms with Crippen molar-refractivity contribution in [3.63, 3.8) is 0 Å². The summed E-state index contributed by atoms with van der Waals surface area (Å²) in [4.78, 5) is 37.3. The number of hydrogen-bond acceptors (Lipinski definition) is 6. The molecule has 0 aliphatic heterocycles. The molecule has 0 aliphatic carbocycles. The zero-order valence-corrected chi connectivity index (χ0v) is 31.6. The molecule has 278 valence electrons. The SMILES string of the molecule is CCCCCCCCCCCCCCCC(=O)OC[C@H](COC(=O)CCCCCCCCCCC)OC(=O)CCCCCCCCC. The van der Waals surface area contributed by atoms with Gasteiger partial charge in [-0.15, -0.1) is 0 Å². The second kappa shape index (κ2) is 37.2. The topological polar surface area (TPSA) is 78.9 Å². The molecule has 0 bridgehead atoms. The van der Waals surface area contributed by atoms with Crippen LogP contribution in [-0.2, 0) is 28.6 Å². The van der Waals surface area contributed by atoms with E-state index in [9.17, 15) is 14.4 Å². The number of rotatable bonds is 37. The highest BCUT2D eigenvalue weighted by Gasteiger charge is 2.19. The first kappa shape index (κ1) is 45.4. The van der Waals surface area contributed by atoms with Crippen molar-refractivity contribution < 1.29 is 28.6 Å². The lowest BCUT2D eigenvalue weighted by Crippen LogP contribution is -2.30. The first-order chi connectivity index (χ1) is 23.0. The van der Waals surface area contributed by atoms with Crippen LogP contribution in [0.5, 0.6) is 0 Å². The fraction of sp³-hybridized carbons (Fsp3) is 0.927. The first-order valence-corrected chi connectivity index (χ1v) is 20.5. The fourth-order valence-electron chi connectivity index (χ4n) is 5.97. The molecule has 0 aromatic rings. The Morgan fingerprint density at radius 1 is 0.340 bits per heavy atom. The van der Waals surface area contributed by atoms with Gasteiger partial charge in [0, 0.05) is 19.3 Å². The van der Waals surface area contributed by atoms with Crippen molar-refractivity contribution >= 4 is 17.9 Å². The molecule has 47 heavy (non-hydrogen) atoms. The van der Waals surface area contributed by atoms with Crippen LogP contribution in [0.15, 0.2) is 0 Å². The third kappa shape index (κ3) is 35.5. The van der Waals surface area contributed by atoms with Gasteiger partial charge < -0.3 is 14.2 Å². The zero-order valence-electron chi connectivity index (χ0n) is 31.6. The molecule has 1 atom stereocenters. The summed E-state index contributed by atoms with van der Waals surface area (Å²) < 4.78 is 16.6. The molecule has 0 fully saturated rings. The minimum atomic E-state index is -0.755. The Kier molecular flexibility index (Phi) is 36.0. The van der Waals surface area contributed by atoms with Crippen molar-refractivity contribution in [1.29, 1.82) is 0 Å². The minimum Gasteiger partial charge on any atom is -0.462 e. The van der Waals surface area contributed by atoms with Gasteiger partial charge in [0.25, 0.3) is 0 Å². The van der Waals surface area contributed by atoms with E-state index in [4.69, 9.17) is 14.2 Å². The normalized spacial score (nSPS) is 11.8. The number of esters is 3. The van der Waals surface area contributed by atoms with Crippen molar-refractivity contribution in [2.24, 2.45) is 0 Å². The van der Waals surface area contributed by atoms with Crippen LogP contribution >= 0.6 is 0 Å². The van der Waals surface area contributed by atoms with Crippen LogP contribution < -0.4 is 0 Å². The number of unbranched alkanes of at least 4 members (excludes halogenated alkanes) is 26. The highest BCUT2D eigenvalue weighted by Crippen LogP contribution is 2.15. The maximum Gasteiger partial charge on any atom is 0.306 e. The fourth-order valence-corrected chi connectivity index (χ4v) is 5.97. The average molecular weight is 667 g/mol. The Labute approximate surface area is 291 Å². The Hall–Kier alpha value is -1.59. The molecule has 0 aromatic carbocycles. The van der Waals surface area contributed by atoms with E-state index < -0.39 is 6.10 Å². The van der Waals surface area contributed by atoms with Gasteiger partial charge in [0.05, 0.1) is 0 Å². The number of hydrogen-bond donors (Lipinski definition) is 0. The summed E-state index contributed by atoms with van der Waals surface area (Å²) in [6, 6.07) is 0. The molecule has 0 unspecified atom stereocenters. The lowest BCUT2D eigenvalue weighted by atomic mass is 10.0. The van der Waals surface area contributed by atoms with Crippen molar-refractivity contribution in [2.75, 3.05) is 13.2 Å². The maximum atomic E-state index is 12.5. The summed E-state index contributed by atoms with van der Waals surface area (Å²) >= 11 is 0. The van der Waals surface area contributed by atoms with Gasteiger partial charge in [-0.3, -0.25) is 14.4 Å². The molecule has 6 nitrogen and oxygen atoms in total. The second-order valence-corrected chi connectivity index (χ2v) is 13.9. The van der Waals surface area contributed by atoms with E-state index in [2.05, 4.69) is 20.8 Å². The lowest BCUT2D eigenvalue weighted by Gasteiger charge is -2.18. The van der Waals surface area contributed by atoms with Crippen LogP contribution in [0.4, 0.5) is 0 Å². The molecule has 0 rings (SSSR count). The van der Waals surface area contributed by atoms with E-state index in [0.29, 0.717) is 19.3 Å². The summed E-state index contributed by atoms with van der Waals surface area (Å²) in [7, 11) is 0. The Morgan fingerprint density at radius 3 is 0.851 bits per heavy atom. The van der Waals surface area contributed by atoms with E-state index in [1.54, 1.807) is 0 Å². The van der Waals surface area contributed by atoms with Crippen LogP contribution in [0.25, 0.3) is 0 Å². The monoisotopic (exact) mass is 667 g/mol. The Balaban J connectivity index is 4.26. The third-order valence-electron chi connectivity index (χ3n) is 9.11. The average Bonchev–Trinajstić information content (AvgIpc) is 3.06. The second-order valence-electron chi connectivity index (χ2n) is 13.9. The summed E-state index contributed by atoms with van der Waals surface area (Å²) in [6.07, 6.45) is 35.2. The van der Waals surface area contributed by atoms with Gasteiger partial charge in [-0.05, 0) is 19.3 Å². The largest absolute Gasteiger partial charge is 0.462 e. The van der Waals surface area contributed by atoms with Gasteiger partial charge in [0.2, 0.25) is 0 Å². The molecule has 0 saturated heterocycles. The van der Waals surface area contributed by atoms with Crippen LogP contribution in [0, 0.1) is 0 Å². The number of ether oxygens (including phenoxy) is 3. The molecular weight excluding hydrogens is 588 g/mol. The van der Waals surface area contributed by atoms with Crippen molar-refractivity contribution in [1.82, 2.24) is 0 Å². The smallest absolute Gasteiger partial charge is 0.306 e. The molecule has 0 spiro atoms. The summed E-state index contributed by atoms with van der Waals surface area (Å²) in [5.74, 6) is -0.868. The minimum absolute atomic E-state index is 0.0641. The van der Waals surface area contributed by atoms with Gasteiger partial charge in [-0.1, -0.05) is 188 Å². The molecule has 0 N–H and O–H groups in total. The van der Waals surface area contributed by atoms with E-state index in [-0.39, 0.29) is 31.1 Å². The first-order valence-electron chi connectivity index (χ1n) is 20.5. The predicted molar refractivity (Wildman–Crippen MR) is 197 cm³/mol.